The second kappa shape index (κ2) is 3.94. The fourth-order valence-electron chi connectivity index (χ4n) is 1.42. The number of rotatable bonds is 3. The third kappa shape index (κ3) is 2.69. The third-order valence-electron chi connectivity index (χ3n) is 2.39. The summed E-state index contributed by atoms with van der Waals surface area (Å²) < 4.78 is 43.3. The number of amides is 1. The molecule has 1 saturated carbocycles. The summed E-state index contributed by atoms with van der Waals surface area (Å²) in [5, 5.41) is 0. The van der Waals surface area contributed by atoms with Crippen molar-refractivity contribution in [3.05, 3.63) is 29.3 Å². The first-order valence-corrected chi connectivity index (χ1v) is 5.05. The first-order valence-electron chi connectivity index (χ1n) is 5.05. The second-order valence-electron chi connectivity index (χ2n) is 3.89. The fourth-order valence-corrected chi connectivity index (χ4v) is 1.42. The molecule has 1 aromatic carbocycles. The molecule has 0 aromatic heterocycles. The summed E-state index contributed by atoms with van der Waals surface area (Å²) in [6.07, 6.45) is -2.93. The highest BCUT2D eigenvalue weighted by Gasteiger charge is 2.35. The zero-order valence-electron chi connectivity index (χ0n) is 8.75. The quantitative estimate of drug-likeness (QED) is 0.888. The lowest BCUT2D eigenvalue weighted by atomic mass is 10.1. The Morgan fingerprint density at radius 2 is 2.00 bits per heavy atom. The number of carbonyl (C=O) groups is 1. The molecule has 0 bridgehead atoms. The van der Waals surface area contributed by atoms with Crippen molar-refractivity contribution in [2.24, 2.45) is 5.73 Å². The van der Waals surface area contributed by atoms with Gasteiger partial charge in [-0.25, -0.2) is 0 Å². The monoisotopic (exact) mass is 245 g/mol. The first kappa shape index (κ1) is 11.8. The van der Waals surface area contributed by atoms with Crippen molar-refractivity contribution in [3.8, 4) is 5.75 Å². The summed E-state index contributed by atoms with van der Waals surface area (Å²) in [5.41, 5.74) is 3.30. The SMILES string of the molecule is NC(=O)c1ccc(OC2CC2)cc1C(F)(F)F. The molecule has 3 nitrogen and oxygen atoms in total. The summed E-state index contributed by atoms with van der Waals surface area (Å²) in [5.74, 6) is -0.986. The Bertz CT molecular complexity index is 453. The smallest absolute Gasteiger partial charge is 0.417 e. The van der Waals surface area contributed by atoms with E-state index in [1.54, 1.807) is 0 Å². The maximum Gasteiger partial charge on any atom is 0.417 e. The van der Waals surface area contributed by atoms with E-state index in [1.807, 2.05) is 0 Å². The molecule has 1 fully saturated rings. The van der Waals surface area contributed by atoms with Gasteiger partial charge in [-0.15, -0.1) is 0 Å². The Morgan fingerprint density at radius 1 is 1.35 bits per heavy atom. The van der Waals surface area contributed by atoms with Crippen LogP contribution in [0.3, 0.4) is 0 Å². The zero-order valence-corrected chi connectivity index (χ0v) is 8.75. The van der Waals surface area contributed by atoms with Gasteiger partial charge in [0, 0.05) is 0 Å². The van der Waals surface area contributed by atoms with Crippen molar-refractivity contribution < 1.29 is 22.7 Å². The molecule has 2 rings (SSSR count). The number of carbonyl (C=O) groups excluding carboxylic acids is 1. The van der Waals surface area contributed by atoms with E-state index in [1.165, 1.54) is 6.07 Å². The van der Waals surface area contributed by atoms with Crippen molar-refractivity contribution in [1.29, 1.82) is 0 Å². The lowest BCUT2D eigenvalue weighted by molar-refractivity contribution is -0.138. The van der Waals surface area contributed by atoms with Crippen molar-refractivity contribution in [1.82, 2.24) is 0 Å². The van der Waals surface area contributed by atoms with Crippen molar-refractivity contribution in [2.75, 3.05) is 0 Å². The Kier molecular flexibility index (Phi) is 2.73. The van der Waals surface area contributed by atoms with E-state index in [4.69, 9.17) is 10.5 Å². The number of halogens is 3. The molecule has 1 aliphatic rings. The lowest BCUT2D eigenvalue weighted by Crippen LogP contribution is -2.19. The van der Waals surface area contributed by atoms with E-state index in [0.717, 1.165) is 25.0 Å². The molecule has 6 heteroatoms. The van der Waals surface area contributed by atoms with Gasteiger partial charge in [-0.05, 0) is 31.0 Å². The molecule has 1 aliphatic carbocycles. The van der Waals surface area contributed by atoms with Crippen LogP contribution >= 0.6 is 0 Å². The van der Waals surface area contributed by atoms with Crippen LogP contribution in [-0.2, 0) is 6.18 Å². The number of primary amides is 1. The molecule has 92 valence electrons. The van der Waals surface area contributed by atoms with Gasteiger partial charge >= 0.3 is 6.18 Å². The number of hydrogen-bond donors (Lipinski definition) is 1. The van der Waals surface area contributed by atoms with Crippen LogP contribution < -0.4 is 10.5 Å². The Hall–Kier alpha value is -1.72. The Balaban J connectivity index is 2.38. The molecule has 0 unspecified atom stereocenters. The van der Waals surface area contributed by atoms with Crippen LogP contribution in [-0.4, -0.2) is 12.0 Å². The number of ether oxygens (including phenoxy) is 1. The minimum absolute atomic E-state index is 0.00416. The maximum atomic E-state index is 12.7. The van der Waals surface area contributed by atoms with Crippen LogP contribution in [0.5, 0.6) is 5.75 Å². The molecule has 1 aromatic rings. The average molecular weight is 245 g/mol. The van der Waals surface area contributed by atoms with E-state index in [0.29, 0.717) is 0 Å². The normalized spacial score (nSPS) is 15.7. The molecule has 0 heterocycles. The number of hydrogen-bond acceptors (Lipinski definition) is 2. The van der Waals surface area contributed by atoms with Gasteiger partial charge in [0.25, 0.3) is 0 Å². The van der Waals surface area contributed by atoms with E-state index in [-0.39, 0.29) is 11.9 Å². The molecule has 1 amide bonds. The van der Waals surface area contributed by atoms with Crippen LogP contribution in [0.15, 0.2) is 18.2 Å². The molecule has 0 saturated heterocycles. The molecule has 17 heavy (non-hydrogen) atoms. The van der Waals surface area contributed by atoms with Gasteiger partial charge < -0.3 is 10.5 Å². The summed E-state index contributed by atoms with van der Waals surface area (Å²) in [7, 11) is 0. The minimum Gasteiger partial charge on any atom is -0.490 e. The highest BCUT2D eigenvalue weighted by Crippen LogP contribution is 2.35. The van der Waals surface area contributed by atoms with Gasteiger partial charge in [0.1, 0.15) is 5.75 Å². The second-order valence-corrected chi connectivity index (χ2v) is 3.89. The molecule has 0 spiro atoms. The molecule has 0 atom stereocenters. The van der Waals surface area contributed by atoms with E-state index in [2.05, 4.69) is 0 Å². The Morgan fingerprint density at radius 3 is 2.47 bits per heavy atom. The van der Waals surface area contributed by atoms with Crippen LogP contribution in [0.4, 0.5) is 13.2 Å². The summed E-state index contributed by atoms with van der Waals surface area (Å²) in [6, 6.07) is 3.19. The van der Waals surface area contributed by atoms with Gasteiger partial charge in [-0.1, -0.05) is 0 Å². The van der Waals surface area contributed by atoms with Crippen LogP contribution in [0.2, 0.25) is 0 Å². The van der Waals surface area contributed by atoms with Gasteiger partial charge in [0.2, 0.25) is 5.91 Å². The molecular weight excluding hydrogens is 235 g/mol. The summed E-state index contributed by atoms with van der Waals surface area (Å²) in [6.45, 7) is 0. The van der Waals surface area contributed by atoms with Crippen LogP contribution in [0.25, 0.3) is 0 Å². The Labute approximate surface area is 95.4 Å². The van der Waals surface area contributed by atoms with E-state index >= 15 is 0 Å². The molecule has 0 radical (unpaired) electrons. The largest absolute Gasteiger partial charge is 0.490 e. The predicted octanol–water partition coefficient (Wildman–Crippen LogP) is 2.35. The fraction of sp³-hybridized carbons (Fsp3) is 0.364. The standard InChI is InChI=1S/C11H10F3NO2/c12-11(13,14)9-5-7(17-6-1-2-6)3-4-8(9)10(15)16/h3-6H,1-2H2,(H2,15,16). The third-order valence-corrected chi connectivity index (χ3v) is 2.39. The molecule has 2 N–H and O–H groups in total. The number of nitrogens with two attached hydrogens (primary N) is 1. The number of benzene rings is 1. The van der Waals surface area contributed by atoms with E-state index < -0.39 is 23.2 Å². The van der Waals surface area contributed by atoms with Gasteiger partial charge in [-0.2, -0.15) is 13.2 Å². The van der Waals surface area contributed by atoms with Crippen molar-refractivity contribution in [3.63, 3.8) is 0 Å². The summed E-state index contributed by atoms with van der Waals surface area (Å²) >= 11 is 0. The summed E-state index contributed by atoms with van der Waals surface area (Å²) in [4.78, 5) is 10.9. The van der Waals surface area contributed by atoms with Gasteiger partial charge in [0.05, 0.1) is 17.2 Å². The lowest BCUT2D eigenvalue weighted by Gasteiger charge is -2.13. The molecule has 0 aliphatic heterocycles. The zero-order chi connectivity index (χ0) is 12.6. The topological polar surface area (TPSA) is 52.3 Å². The molecular formula is C11H10F3NO2. The minimum atomic E-state index is -4.62. The van der Waals surface area contributed by atoms with Crippen LogP contribution in [0.1, 0.15) is 28.8 Å². The van der Waals surface area contributed by atoms with Crippen molar-refractivity contribution in [2.45, 2.75) is 25.1 Å². The van der Waals surface area contributed by atoms with Crippen LogP contribution in [0, 0.1) is 0 Å². The average Bonchev–Trinajstić information content (AvgIpc) is 3.00. The van der Waals surface area contributed by atoms with Gasteiger partial charge in [0.15, 0.2) is 0 Å². The first-order chi connectivity index (χ1) is 7.88. The predicted molar refractivity (Wildman–Crippen MR) is 53.6 cm³/mol. The van der Waals surface area contributed by atoms with Gasteiger partial charge in [-0.3, -0.25) is 4.79 Å². The maximum absolute atomic E-state index is 12.7. The van der Waals surface area contributed by atoms with E-state index in [9.17, 15) is 18.0 Å². The number of alkyl halides is 3. The van der Waals surface area contributed by atoms with Crippen molar-refractivity contribution >= 4 is 5.91 Å². The highest BCUT2D eigenvalue weighted by molar-refractivity contribution is 5.94. The highest BCUT2D eigenvalue weighted by atomic mass is 19.4.